The van der Waals surface area contributed by atoms with E-state index in [4.69, 9.17) is 17.2 Å². The highest BCUT2D eigenvalue weighted by molar-refractivity contribution is 7.80. The number of H-pyrrole nitrogens is 1. The average Bonchev–Trinajstić information content (AvgIpc) is 4.11. The number of nitrogens with one attached hydrogen (secondary N) is 8. The third kappa shape index (κ3) is 17.1. The fourth-order valence-corrected chi connectivity index (χ4v) is 9.94. The van der Waals surface area contributed by atoms with Crippen molar-refractivity contribution < 1.29 is 38.4 Å². The Bertz CT molecular complexity index is 3380. The first-order valence-corrected chi connectivity index (χ1v) is 28.3. The minimum absolute atomic E-state index is 0.0761. The SMILES string of the molecule is C[C@H](NC(=O)[C@H](CCCCN)NC(=O)[C@@H](Cc1c[nH]c2ccccc12)NC(=O)[C@H](Cc1cccnc1)NC(=O)[C@@H](CS)NC(=O)[C@@H](N)Cc1ccc2ccccc2c1)C(=O)N[C@@H](CS)C(=O)N[C@@H](Cc1ccc2ccccc2c1)C(N)=O. The van der Waals surface area contributed by atoms with Crippen molar-refractivity contribution in [1.29, 1.82) is 0 Å². The summed E-state index contributed by atoms with van der Waals surface area (Å²) < 4.78 is 0. The van der Waals surface area contributed by atoms with Gasteiger partial charge < -0.3 is 59.4 Å². The van der Waals surface area contributed by atoms with Crippen LogP contribution in [-0.4, -0.2) is 124 Å². The lowest BCUT2D eigenvalue weighted by molar-refractivity contribution is -0.135. The van der Waals surface area contributed by atoms with Gasteiger partial charge in [0, 0.05) is 60.3 Å². The summed E-state index contributed by atoms with van der Waals surface area (Å²) in [5.41, 5.74) is 21.5. The number of unbranched alkanes of at least 4 members (excludes halogenated alkanes) is 1. The molecule has 0 aliphatic rings. The van der Waals surface area contributed by atoms with Gasteiger partial charge in [0.1, 0.15) is 42.3 Å². The summed E-state index contributed by atoms with van der Waals surface area (Å²) in [6, 6.07) is 27.8. The quantitative estimate of drug-likeness (QED) is 0.0239. The number of pyridine rings is 1. The van der Waals surface area contributed by atoms with Crippen LogP contribution in [0.15, 0.2) is 140 Å². The number of carbonyl (C=O) groups is 8. The van der Waals surface area contributed by atoms with Crippen molar-refractivity contribution in [2.45, 2.75) is 100 Å². The second kappa shape index (κ2) is 29.9. The van der Waals surface area contributed by atoms with Crippen LogP contribution in [0.5, 0.6) is 0 Å². The van der Waals surface area contributed by atoms with Gasteiger partial charge in [0.25, 0.3) is 0 Å². The van der Waals surface area contributed by atoms with Crippen LogP contribution in [0.4, 0.5) is 0 Å². The molecule has 0 aliphatic carbocycles. The lowest BCUT2D eigenvalue weighted by Crippen LogP contribution is -2.60. The molecule has 0 bridgehead atoms. The van der Waals surface area contributed by atoms with Gasteiger partial charge >= 0.3 is 0 Å². The third-order valence-corrected chi connectivity index (χ3v) is 14.7. The van der Waals surface area contributed by atoms with Crippen molar-refractivity contribution in [3.63, 3.8) is 0 Å². The number of nitrogens with zero attached hydrogens (tertiary/aromatic N) is 1. The molecule has 5 aromatic carbocycles. The number of nitrogens with two attached hydrogens (primary N) is 3. The highest BCUT2D eigenvalue weighted by Gasteiger charge is 2.34. The monoisotopic (exact) mass is 1150 g/mol. The molecule has 0 radical (unpaired) electrons. The highest BCUT2D eigenvalue weighted by atomic mass is 32.1. The van der Waals surface area contributed by atoms with Gasteiger partial charge in [0.15, 0.2) is 0 Å². The van der Waals surface area contributed by atoms with Crippen LogP contribution in [-0.2, 0) is 64.0 Å². The molecule has 20 nitrogen and oxygen atoms in total. The van der Waals surface area contributed by atoms with Crippen molar-refractivity contribution in [3.05, 3.63) is 162 Å². The van der Waals surface area contributed by atoms with Crippen LogP contribution < -0.4 is 54.4 Å². The van der Waals surface area contributed by atoms with Gasteiger partial charge in [-0.1, -0.05) is 109 Å². The second-order valence-electron chi connectivity index (χ2n) is 20.2. The first-order chi connectivity index (χ1) is 39.5. The largest absolute Gasteiger partial charge is 0.368 e. The van der Waals surface area contributed by atoms with Gasteiger partial charge in [0.2, 0.25) is 47.3 Å². The molecule has 82 heavy (non-hydrogen) atoms. The normalized spacial score (nSPS) is 14.2. The van der Waals surface area contributed by atoms with Crippen LogP contribution in [0, 0.1) is 0 Å². The summed E-state index contributed by atoms with van der Waals surface area (Å²) in [5, 5.41) is 23.6. The van der Waals surface area contributed by atoms with Gasteiger partial charge in [-0.2, -0.15) is 25.3 Å². The molecular formula is C60H70N12O8S2. The number of hydrogen-bond donors (Lipinski definition) is 13. The van der Waals surface area contributed by atoms with E-state index in [9.17, 15) is 38.4 Å². The average molecular weight is 1150 g/mol. The van der Waals surface area contributed by atoms with Crippen molar-refractivity contribution >= 4 is 105 Å². The number of rotatable bonds is 29. The zero-order chi connectivity index (χ0) is 58.7. The van der Waals surface area contributed by atoms with E-state index in [1.807, 2.05) is 109 Å². The maximum Gasteiger partial charge on any atom is 0.244 e. The Labute approximate surface area is 485 Å². The Kier molecular flexibility index (Phi) is 22.4. The number of aromatic nitrogens is 2. The maximum absolute atomic E-state index is 14.7. The fourth-order valence-electron chi connectivity index (χ4n) is 9.42. The third-order valence-electron chi connectivity index (χ3n) is 14.0. The van der Waals surface area contributed by atoms with Crippen molar-refractivity contribution in [2.24, 2.45) is 17.2 Å². The minimum Gasteiger partial charge on any atom is -0.368 e. The maximum atomic E-state index is 14.7. The van der Waals surface area contributed by atoms with E-state index in [1.165, 1.54) is 13.1 Å². The minimum atomic E-state index is -1.36. The molecule has 22 heteroatoms. The molecule has 2 heterocycles. The summed E-state index contributed by atoms with van der Waals surface area (Å²) in [6.45, 7) is 1.68. The van der Waals surface area contributed by atoms with E-state index in [1.54, 1.807) is 24.5 Å². The molecule has 0 fully saturated rings. The highest BCUT2D eigenvalue weighted by Crippen LogP contribution is 2.21. The standard InChI is InChI=1S/C60H70N12O8S2/c1-35(54(74)71-51(33-81)59(79)68-48(53(63)73)28-37-20-22-40-13-3-5-15-42(40)26-37)66-56(76)47(18-8-9-23-61)67-58(78)50(30-43-32-65-46-17-7-6-16-44(43)46)70-57(77)49(29-38-11-10-24-64-31-38)69-60(80)52(34-82)72-55(75)45(62)27-36-19-21-39-12-2-4-14-41(39)25-36/h2-7,10-17,19-22,24-26,31-32,35,45,47-52,65,81-82H,8-9,18,23,27-30,33-34,61-62H2,1H3,(H2,63,73)(H,66,76)(H,67,78)(H,68,79)(H,69,80)(H,70,77)(H,71,74)(H,72,75)/t35-,45-,47-,48-,49-,50+,51-,52+/m0/s1. The van der Waals surface area contributed by atoms with Crippen LogP contribution in [0.25, 0.3) is 32.4 Å². The van der Waals surface area contributed by atoms with Crippen LogP contribution in [0.1, 0.15) is 48.4 Å². The summed E-state index contributed by atoms with van der Waals surface area (Å²) >= 11 is 8.66. The first kappa shape index (κ1) is 61.3. The molecule has 0 saturated heterocycles. The molecular weight excluding hydrogens is 1080 g/mol. The van der Waals surface area contributed by atoms with Gasteiger partial charge in [-0.15, -0.1) is 0 Å². The molecule has 14 N–H and O–H groups in total. The van der Waals surface area contributed by atoms with E-state index in [-0.39, 0.29) is 50.2 Å². The van der Waals surface area contributed by atoms with Crippen molar-refractivity contribution in [3.8, 4) is 0 Å². The van der Waals surface area contributed by atoms with Gasteiger partial charge in [0.05, 0.1) is 6.04 Å². The van der Waals surface area contributed by atoms with E-state index in [2.05, 4.69) is 72.4 Å². The predicted molar refractivity (Wildman–Crippen MR) is 322 cm³/mol. The summed E-state index contributed by atoms with van der Waals surface area (Å²) in [7, 11) is 0. The smallest absolute Gasteiger partial charge is 0.244 e. The molecule has 7 rings (SSSR count). The molecule has 2 aromatic heterocycles. The molecule has 0 aliphatic heterocycles. The van der Waals surface area contributed by atoms with E-state index < -0.39 is 95.6 Å². The molecule has 0 saturated carbocycles. The number of benzene rings is 5. The Morgan fingerprint density at radius 2 is 1.01 bits per heavy atom. The Hall–Kier alpha value is -8.31. The predicted octanol–water partition coefficient (Wildman–Crippen LogP) is 2.35. The van der Waals surface area contributed by atoms with Crippen molar-refractivity contribution in [2.75, 3.05) is 18.1 Å². The van der Waals surface area contributed by atoms with Gasteiger partial charge in [-0.25, -0.2) is 0 Å². The topological polar surface area (TPSA) is 328 Å². The number of aromatic amines is 1. The first-order valence-electron chi connectivity index (χ1n) is 27.0. The van der Waals surface area contributed by atoms with Crippen LogP contribution in [0.3, 0.4) is 0 Å². The van der Waals surface area contributed by atoms with Crippen LogP contribution >= 0.6 is 25.3 Å². The Balaban J connectivity index is 1.04. The van der Waals surface area contributed by atoms with E-state index in [0.29, 0.717) is 24.0 Å². The number of thiol groups is 2. The number of fused-ring (bicyclic) bond motifs is 3. The molecule has 8 atom stereocenters. The molecule has 7 aromatic rings. The summed E-state index contributed by atoms with van der Waals surface area (Å²) in [6.07, 6.45) is 5.82. The lowest BCUT2D eigenvalue weighted by atomic mass is 10.0. The fraction of sp³-hybridized carbons (Fsp3) is 0.317. The van der Waals surface area contributed by atoms with Crippen molar-refractivity contribution in [1.82, 2.24) is 47.2 Å². The zero-order valence-electron chi connectivity index (χ0n) is 45.3. The van der Waals surface area contributed by atoms with E-state index >= 15 is 0 Å². The Morgan fingerprint density at radius 1 is 0.512 bits per heavy atom. The zero-order valence-corrected chi connectivity index (χ0v) is 47.1. The number of para-hydroxylation sites is 1. The van der Waals surface area contributed by atoms with Gasteiger partial charge in [-0.05, 0) is 95.1 Å². The van der Waals surface area contributed by atoms with Gasteiger partial charge in [-0.3, -0.25) is 43.3 Å². The Morgan fingerprint density at radius 3 is 1.60 bits per heavy atom. The molecule has 8 amide bonds. The summed E-state index contributed by atoms with van der Waals surface area (Å²) in [5.74, 6) is -6.27. The number of carbonyl (C=O) groups excluding carboxylic acids is 8. The van der Waals surface area contributed by atoms with E-state index in [0.717, 1.165) is 43.6 Å². The second-order valence-corrected chi connectivity index (χ2v) is 20.9. The molecule has 430 valence electrons. The molecule has 0 spiro atoms. The summed E-state index contributed by atoms with van der Waals surface area (Å²) in [4.78, 5) is 118. The number of primary amides is 1. The number of amides is 8. The van der Waals surface area contributed by atoms with Crippen LogP contribution in [0.2, 0.25) is 0 Å². The molecule has 0 unspecified atom stereocenters. The number of hydrogen-bond acceptors (Lipinski definition) is 13. The lowest BCUT2D eigenvalue weighted by Gasteiger charge is -2.27.